The fourth-order valence-electron chi connectivity index (χ4n) is 2.18. The Balaban J connectivity index is 2.60. The number of aromatic hydroxyl groups is 1. The molecule has 0 aliphatic heterocycles. The Labute approximate surface area is 105 Å². The van der Waals surface area contributed by atoms with Crippen LogP contribution in [0.15, 0.2) is 24.3 Å². The molecule has 0 bridgehead atoms. The molecule has 96 valence electrons. The molecular weight excluding hydrogens is 210 g/mol. The maximum absolute atomic E-state index is 9.89. The summed E-state index contributed by atoms with van der Waals surface area (Å²) in [4.78, 5) is 0. The van der Waals surface area contributed by atoms with Crippen molar-refractivity contribution in [3.8, 4) is 5.75 Å². The summed E-state index contributed by atoms with van der Waals surface area (Å²) in [5.74, 6) is 0.416. The molecule has 1 rings (SSSR count). The van der Waals surface area contributed by atoms with Crippen LogP contribution in [0.25, 0.3) is 0 Å². The maximum Gasteiger partial charge on any atom is 0.119 e. The Kier molecular flexibility index (Phi) is 5.01. The third kappa shape index (κ3) is 4.04. The number of rotatable bonds is 6. The van der Waals surface area contributed by atoms with Crippen LogP contribution in [0.3, 0.4) is 0 Å². The van der Waals surface area contributed by atoms with E-state index in [9.17, 15) is 5.11 Å². The molecule has 0 amide bonds. The van der Waals surface area contributed by atoms with E-state index in [0.717, 1.165) is 12.0 Å². The minimum Gasteiger partial charge on any atom is -0.508 e. The van der Waals surface area contributed by atoms with Crippen LogP contribution in [0.2, 0.25) is 0 Å². The van der Waals surface area contributed by atoms with E-state index in [-0.39, 0.29) is 5.41 Å². The summed E-state index contributed by atoms with van der Waals surface area (Å²) >= 11 is 0. The summed E-state index contributed by atoms with van der Waals surface area (Å²) in [6, 6.07) is 8.23. The van der Waals surface area contributed by atoms with Crippen LogP contribution in [0.1, 0.15) is 45.6 Å². The second-order valence-electron chi connectivity index (χ2n) is 5.48. The predicted octanol–water partition coefficient (Wildman–Crippen LogP) is 3.45. The van der Waals surface area contributed by atoms with Crippen molar-refractivity contribution in [3.05, 3.63) is 29.8 Å². The first-order valence-electron chi connectivity index (χ1n) is 6.43. The van der Waals surface area contributed by atoms with E-state index in [2.05, 4.69) is 26.1 Å². The van der Waals surface area contributed by atoms with Gasteiger partial charge in [0.2, 0.25) is 0 Å². The van der Waals surface area contributed by atoms with Crippen LogP contribution < -0.4 is 5.32 Å². The zero-order valence-corrected chi connectivity index (χ0v) is 11.5. The minimum atomic E-state index is 0.0405. The predicted molar refractivity (Wildman–Crippen MR) is 73.5 cm³/mol. The molecule has 1 atom stereocenters. The molecule has 17 heavy (non-hydrogen) atoms. The lowest BCUT2D eigenvalue weighted by atomic mass is 9.79. The molecule has 0 fully saturated rings. The lowest BCUT2D eigenvalue weighted by molar-refractivity contribution is 0.397. The van der Waals surface area contributed by atoms with E-state index in [1.54, 1.807) is 6.07 Å². The maximum atomic E-state index is 9.89. The quantitative estimate of drug-likeness (QED) is 0.791. The molecule has 2 heteroatoms. The van der Waals surface area contributed by atoms with Gasteiger partial charge in [-0.1, -0.05) is 38.5 Å². The molecule has 1 unspecified atom stereocenters. The Morgan fingerprint density at radius 3 is 2.53 bits per heavy atom. The lowest BCUT2D eigenvalue weighted by Gasteiger charge is -2.26. The molecule has 0 aliphatic rings. The van der Waals surface area contributed by atoms with Gasteiger partial charge in [-0.25, -0.2) is 0 Å². The van der Waals surface area contributed by atoms with Gasteiger partial charge in [0.15, 0.2) is 0 Å². The van der Waals surface area contributed by atoms with E-state index in [4.69, 9.17) is 0 Å². The van der Waals surface area contributed by atoms with Crippen molar-refractivity contribution in [1.82, 2.24) is 5.32 Å². The normalized spacial score (nSPS) is 13.6. The van der Waals surface area contributed by atoms with Gasteiger partial charge in [0.05, 0.1) is 0 Å². The molecular formula is C15H25NO. The van der Waals surface area contributed by atoms with Crippen LogP contribution >= 0.6 is 0 Å². The highest BCUT2D eigenvalue weighted by molar-refractivity contribution is 5.37. The van der Waals surface area contributed by atoms with E-state index in [1.165, 1.54) is 12.8 Å². The molecule has 1 aromatic carbocycles. The second kappa shape index (κ2) is 6.06. The SMILES string of the molecule is CNC(C)CCCC(C)(C)c1ccccc1O. The first-order valence-corrected chi connectivity index (χ1v) is 6.43. The standard InChI is InChI=1S/C15H25NO/c1-12(16-4)8-7-11-15(2,3)13-9-5-6-10-14(13)17/h5-6,9-10,12,16-17H,7-8,11H2,1-4H3. The van der Waals surface area contributed by atoms with Gasteiger partial charge < -0.3 is 10.4 Å². The van der Waals surface area contributed by atoms with E-state index < -0.39 is 0 Å². The number of para-hydroxylation sites is 1. The zero-order valence-electron chi connectivity index (χ0n) is 11.5. The van der Waals surface area contributed by atoms with Crippen molar-refractivity contribution < 1.29 is 5.11 Å². The van der Waals surface area contributed by atoms with Gasteiger partial charge in [0, 0.05) is 6.04 Å². The number of phenolic OH excluding ortho intramolecular Hbond substituents is 1. The van der Waals surface area contributed by atoms with Gasteiger partial charge in [-0.15, -0.1) is 0 Å². The summed E-state index contributed by atoms with van der Waals surface area (Å²) in [5, 5.41) is 13.1. The summed E-state index contributed by atoms with van der Waals surface area (Å²) < 4.78 is 0. The van der Waals surface area contributed by atoms with Gasteiger partial charge in [0.25, 0.3) is 0 Å². The van der Waals surface area contributed by atoms with Crippen molar-refractivity contribution in [1.29, 1.82) is 0 Å². The monoisotopic (exact) mass is 235 g/mol. The molecule has 0 aliphatic carbocycles. The highest BCUT2D eigenvalue weighted by atomic mass is 16.3. The number of hydrogen-bond donors (Lipinski definition) is 2. The summed E-state index contributed by atoms with van der Waals surface area (Å²) in [6.45, 7) is 6.60. The molecule has 0 saturated carbocycles. The zero-order chi connectivity index (χ0) is 12.9. The minimum absolute atomic E-state index is 0.0405. The number of nitrogens with one attached hydrogen (secondary N) is 1. The van der Waals surface area contributed by atoms with Crippen LogP contribution in [0.4, 0.5) is 0 Å². The van der Waals surface area contributed by atoms with E-state index in [0.29, 0.717) is 11.8 Å². The fourth-order valence-corrected chi connectivity index (χ4v) is 2.18. The Bertz CT molecular complexity index is 347. The van der Waals surface area contributed by atoms with Gasteiger partial charge in [0.1, 0.15) is 5.75 Å². The highest BCUT2D eigenvalue weighted by Crippen LogP contribution is 2.34. The van der Waals surface area contributed by atoms with Crippen molar-refractivity contribution in [2.24, 2.45) is 0 Å². The van der Waals surface area contributed by atoms with Crippen LogP contribution in [-0.2, 0) is 5.41 Å². The molecule has 0 aromatic heterocycles. The summed E-state index contributed by atoms with van der Waals surface area (Å²) in [7, 11) is 2.00. The number of hydrogen-bond acceptors (Lipinski definition) is 2. The van der Waals surface area contributed by atoms with Gasteiger partial charge in [-0.05, 0) is 43.9 Å². The Hall–Kier alpha value is -1.02. The lowest BCUT2D eigenvalue weighted by Crippen LogP contribution is -2.23. The van der Waals surface area contributed by atoms with Crippen LogP contribution in [0.5, 0.6) is 5.75 Å². The molecule has 0 saturated heterocycles. The van der Waals surface area contributed by atoms with Crippen LogP contribution in [0, 0.1) is 0 Å². The Morgan fingerprint density at radius 2 is 1.94 bits per heavy atom. The third-order valence-electron chi connectivity index (χ3n) is 3.56. The Morgan fingerprint density at radius 1 is 1.29 bits per heavy atom. The third-order valence-corrected chi connectivity index (χ3v) is 3.56. The van der Waals surface area contributed by atoms with E-state index >= 15 is 0 Å². The molecule has 2 nitrogen and oxygen atoms in total. The first-order chi connectivity index (χ1) is 7.97. The first kappa shape index (κ1) is 14.0. The molecule has 0 spiro atoms. The molecule has 0 heterocycles. The number of phenols is 1. The average Bonchev–Trinajstić information content (AvgIpc) is 2.28. The van der Waals surface area contributed by atoms with Crippen molar-refractivity contribution in [3.63, 3.8) is 0 Å². The van der Waals surface area contributed by atoms with Gasteiger partial charge in [-0.2, -0.15) is 0 Å². The second-order valence-corrected chi connectivity index (χ2v) is 5.48. The highest BCUT2D eigenvalue weighted by Gasteiger charge is 2.23. The largest absolute Gasteiger partial charge is 0.508 e. The van der Waals surface area contributed by atoms with Crippen molar-refractivity contribution in [2.75, 3.05) is 7.05 Å². The van der Waals surface area contributed by atoms with Crippen LogP contribution in [-0.4, -0.2) is 18.2 Å². The van der Waals surface area contributed by atoms with Gasteiger partial charge in [-0.3, -0.25) is 0 Å². The average molecular weight is 235 g/mol. The fraction of sp³-hybridized carbons (Fsp3) is 0.600. The number of benzene rings is 1. The summed E-state index contributed by atoms with van der Waals surface area (Å²) in [5.41, 5.74) is 1.09. The topological polar surface area (TPSA) is 32.3 Å². The smallest absolute Gasteiger partial charge is 0.119 e. The molecule has 2 N–H and O–H groups in total. The summed E-state index contributed by atoms with van der Waals surface area (Å²) in [6.07, 6.45) is 3.44. The molecule has 1 aromatic rings. The van der Waals surface area contributed by atoms with Crippen molar-refractivity contribution >= 4 is 0 Å². The van der Waals surface area contributed by atoms with Gasteiger partial charge >= 0.3 is 0 Å². The van der Waals surface area contributed by atoms with E-state index in [1.807, 2.05) is 25.2 Å². The molecule has 0 radical (unpaired) electrons. The van der Waals surface area contributed by atoms with Crippen molar-refractivity contribution in [2.45, 2.75) is 51.5 Å².